The van der Waals surface area contributed by atoms with E-state index in [1.807, 2.05) is 67.6 Å². The van der Waals surface area contributed by atoms with Gasteiger partial charge in [-0.15, -0.1) is 0 Å². The first-order chi connectivity index (χ1) is 14.1. The van der Waals surface area contributed by atoms with E-state index >= 15 is 0 Å². The predicted molar refractivity (Wildman–Crippen MR) is 116 cm³/mol. The number of anilines is 5. The molecule has 0 radical (unpaired) electrons. The average Bonchev–Trinajstić information content (AvgIpc) is 2.69. The fourth-order valence-corrected chi connectivity index (χ4v) is 3.00. The maximum absolute atomic E-state index is 11.1. The number of pyridine rings is 1. The molecule has 0 bridgehead atoms. The van der Waals surface area contributed by atoms with Crippen LogP contribution in [0.3, 0.4) is 0 Å². The summed E-state index contributed by atoms with van der Waals surface area (Å²) >= 11 is 0. The molecule has 7 nitrogen and oxygen atoms in total. The Morgan fingerprint density at radius 1 is 0.897 bits per heavy atom. The number of hydrogen-bond donors (Lipinski definition) is 3. The first-order valence-electron chi connectivity index (χ1n) is 9.18. The van der Waals surface area contributed by atoms with Crippen molar-refractivity contribution in [3.8, 4) is 0 Å². The van der Waals surface area contributed by atoms with Crippen LogP contribution in [0.1, 0.15) is 12.6 Å². The standard InChI is InChI=1S/C22H20N6O/c1-14-13-20(26-18-10-8-17(9-11-18)25-15(2)29)28-22(24-14)27-19-7-3-5-16-6-4-12-23-21(16)19/h3-13H,1-2H3,(H,25,29)(H2,24,26,27,28). The maximum Gasteiger partial charge on any atom is 0.229 e. The van der Waals surface area contributed by atoms with Crippen LogP contribution in [0, 0.1) is 6.92 Å². The van der Waals surface area contributed by atoms with Gasteiger partial charge in [0.05, 0.1) is 11.2 Å². The molecule has 0 spiro atoms. The molecule has 1 amide bonds. The molecule has 2 aromatic heterocycles. The number of fused-ring (bicyclic) bond motifs is 1. The molecule has 2 aromatic carbocycles. The summed E-state index contributed by atoms with van der Waals surface area (Å²) in [5.41, 5.74) is 4.14. The molecule has 0 unspecified atom stereocenters. The van der Waals surface area contributed by atoms with E-state index in [4.69, 9.17) is 0 Å². The lowest BCUT2D eigenvalue weighted by atomic mass is 10.2. The number of benzene rings is 2. The molecule has 0 aliphatic heterocycles. The zero-order chi connectivity index (χ0) is 20.2. The van der Waals surface area contributed by atoms with Gasteiger partial charge in [-0.25, -0.2) is 4.98 Å². The highest BCUT2D eigenvalue weighted by Gasteiger charge is 2.07. The van der Waals surface area contributed by atoms with Gasteiger partial charge in [-0.3, -0.25) is 9.78 Å². The van der Waals surface area contributed by atoms with Gasteiger partial charge >= 0.3 is 0 Å². The number of carbonyl (C=O) groups excluding carboxylic acids is 1. The topological polar surface area (TPSA) is 91.8 Å². The monoisotopic (exact) mass is 384 g/mol. The number of rotatable bonds is 5. The summed E-state index contributed by atoms with van der Waals surface area (Å²) in [5.74, 6) is 1.05. The van der Waals surface area contributed by atoms with Crippen molar-refractivity contribution in [2.24, 2.45) is 0 Å². The van der Waals surface area contributed by atoms with E-state index in [1.54, 1.807) is 6.20 Å². The summed E-state index contributed by atoms with van der Waals surface area (Å²) < 4.78 is 0. The van der Waals surface area contributed by atoms with Crippen molar-refractivity contribution in [1.82, 2.24) is 15.0 Å². The highest BCUT2D eigenvalue weighted by molar-refractivity contribution is 5.91. The van der Waals surface area contributed by atoms with Gasteiger partial charge in [-0.1, -0.05) is 18.2 Å². The molecule has 4 aromatic rings. The first kappa shape index (κ1) is 18.4. The van der Waals surface area contributed by atoms with Crippen LogP contribution >= 0.6 is 0 Å². The second kappa shape index (κ2) is 7.93. The van der Waals surface area contributed by atoms with Crippen LogP contribution < -0.4 is 16.0 Å². The molecule has 0 aliphatic rings. The van der Waals surface area contributed by atoms with Gasteiger partial charge in [0, 0.05) is 41.6 Å². The molecule has 144 valence electrons. The van der Waals surface area contributed by atoms with E-state index in [1.165, 1.54) is 6.92 Å². The molecule has 0 saturated heterocycles. The fraction of sp³-hybridized carbons (Fsp3) is 0.0909. The average molecular weight is 384 g/mol. The molecular formula is C22H20N6O. The largest absolute Gasteiger partial charge is 0.340 e. The molecule has 0 aliphatic carbocycles. The highest BCUT2D eigenvalue weighted by Crippen LogP contribution is 2.25. The van der Waals surface area contributed by atoms with E-state index in [0.29, 0.717) is 11.8 Å². The number of aryl methyl sites for hydroxylation is 1. The predicted octanol–water partition coefficient (Wildman–Crippen LogP) is 4.78. The lowest BCUT2D eigenvalue weighted by Crippen LogP contribution is -2.05. The van der Waals surface area contributed by atoms with Gasteiger partial charge in [0.15, 0.2) is 0 Å². The second-order valence-electron chi connectivity index (χ2n) is 6.61. The minimum Gasteiger partial charge on any atom is -0.340 e. The number of para-hydroxylation sites is 1. The fourth-order valence-electron chi connectivity index (χ4n) is 3.00. The van der Waals surface area contributed by atoms with Crippen molar-refractivity contribution < 1.29 is 4.79 Å². The van der Waals surface area contributed by atoms with Crippen LogP contribution in [0.4, 0.5) is 28.8 Å². The molecule has 4 rings (SSSR count). The van der Waals surface area contributed by atoms with Crippen LogP contribution in [0.15, 0.2) is 66.9 Å². The van der Waals surface area contributed by atoms with Crippen molar-refractivity contribution in [1.29, 1.82) is 0 Å². The van der Waals surface area contributed by atoms with Crippen molar-refractivity contribution in [3.63, 3.8) is 0 Å². The molecule has 0 atom stereocenters. The molecule has 0 saturated carbocycles. The van der Waals surface area contributed by atoms with Gasteiger partial charge in [0.2, 0.25) is 11.9 Å². The van der Waals surface area contributed by atoms with E-state index in [0.717, 1.165) is 33.7 Å². The zero-order valence-electron chi connectivity index (χ0n) is 16.1. The third-order valence-corrected chi connectivity index (χ3v) is 4.21. The van der Waals surface area contributed by atoms with Crippen LogP contribution in [0.5, 0.6) is 0 Å². The summed E-state index contributed by atoms with van der Waals surface area (Å²) in [7, 11) is 0. The molecule has 29 heavy (non-hydrogen) atoms. The maximum atomic E-state index is 11.1. The second-order valence-corrected chi connectivity index (χ2v) is 6.61. The molecule has 7 heteroatoms. The summed E-state index contributed by atoms with van der Waals surface area (Å²) in [6.07, 6.45) is 1.77. The van der Waals surface area contributed by atoms with Crippen molar-refractivity contribution >= 4 is 45.6 Å². The molecule has 0 fully saturated rings. The Kier molecular flexibility index (Phi) is 5.03. The van der Waals surface area contributed by atoms with Crippen molar-refractivity contribution in [2.75, 3.05) is 16.0 Å². The van der Waals surface area contributed by atoms with Crippen molar-refractivity contribution in [3.05, 3.63) is 72.6 Å². The smallest absolute Gasteiger partial charge is 0.229 e. The number of nitrogens with one attached hydrogen (secondary N) is 3. The third kappa shape index (κ3) is 4.47. The Morgan fingerprint density at radius 2 is 1.66 bits per heavy atom. The van der Waals surface area contributed by atoms with E-state index < -0.39 is 0 Å². The number of carbonyl (C=O) groups is 1. The van der Waals surface area contributed by atoms with E-state index in [9.17, 15) is 4.79 Å². The molecule has 2 heterocycles. The van der Waals surface area contributed by atoms with Gasteiger partial charge in [-0.2, -0.15) is 4.98 Å². The Hall–Kier alpha value is -4.00. The zero-order valence-corrected chi connectivity index (χ0v) is 16.1. The minimum atomic E-state index is -0.101. The van der Waals surface area contributed by atoms with Gasteiger partial charge in [-0.05, 0) is 43.3 Å². The van der Waals surface area contributed by atoms with Crippen LogP contribution in [-0.2, 0) is 4.79 Å². The van der Waals surface area contributed by atoms with Gasteiger partial charge < -0.3 is 16.0 Å². The number of amides is 1. The SMILES string of the molecule is CC(=O)Nc1ccc(Nc2cc(C)nc(Nc3cccc4cccnc34)n2)cc1. The molecule has 3 N–H and O–H groups in total. The first-order valence-corrected chi connectivity index (χ1v) is 9.18. The minimum absolute atomic E-state index is 0.101. The Morgan fingerprint density at radius 3 is 2.45 bits per heavy atom. The summed E-state index contributed by atoms with van der Waals surface area (Å²) in [5, 5.41) is 10.3. The van der Waals surface area contributed by atoms with Crippen LogP contribution in [0.2, 0.25) is 0 Å². The molecular weight excluding hydrogens is 364 g/mol. The van der Waals surface area contributed by atoms with Crippen molar-refractivity contribution in [2.45, 2.75) is 13.8 Å². The summed E-state index contributed by atoms with van der Waals surface area (Å²) in [6.45, 7) is 3.40. The quantitative estimate of drug-likeness (QED) is 0.459. The van der Waals surface area contributed by atoms with E-state index in [2.05, 4.69) is 30.9 Å². The number of hydrogen-bond acceptors (Lipinski definition) is 6. The highest BCUT2D eigenvalue weighted by atomic mass is 16.1. The Balaban J connectivity index is 1.57. The van der Waals surface area contributed by atoms with E-state index in [-0.39, 0.29) is 5.91 Å². The van der Waals surface area contributed by atoms with Crippen LogP contribution in [0.25, 0.3) is 10.9 Å². The summed E-state index contributed by atoms with van der Waals surface area (Å²) in [6, 6.07) is 19.2. The number of aromatic nitrogens is 3. The summed E-state index contributed by atoms with van der Waals surface area (Å²) in [4.78, 5) is 24.7. The Bertz CT molecular complexity index is 1170. The Labute approximate surface area is 168 Å². The third-order valence-electron chi connectivity index (χ3n) is 4.21. The van der Waals surface area contributed by atoms with Gasteiger partial charge in [0.1, 0.15) is 5.82 Å². The normalized spacial score (nSPS) is 10.6. The number of nitrogens with zero attached hydrogens (tertiary/aromatic N) is 3. The lowest BCUT2D eigenvalue weighted by Gasteiger charge is -2.11. The van der Waals surface area contributed by atoms with Gasteiger partial charge in [0.25, 0.3) is 0 Å². The lowest BCUT2D eigenvalue weighted by molar-refractivity contribution is -0.114. The van der Waals surface area contributed by atoms with Crippen LogP contribution in [-0.4, -0.2) is 20.9 Å².